The molecule has 1 aliphatic rings. The summed E-state index contributed by atoms with van der Waals surface area (Å²) >= 11 is 0. The minimum atomic E-state index is -4.67. The van der Waals surface area contributed by atoms with E-state index in [1.54, 1.807) is 47.4 Å². The van der Waals surface area contributed by atoms with E-state index >= 15 is 0 Å². The second-order valence-corrected chi connectivity index (χ2v) is 6.27. The smallest absolute Gasteiger partial charge is 0.394 e. The second kappa shape index (κ2) is 7.29. The molecule has 2 N–H and O–H groups in total. The summed E-state index contributed by atoms with van der Waals surface area (Å²) in [5, 5.41) is 15.6. The molecule has 144 valence electrons. The van der Waals surface area contributed by atoms with E-state index in [-0.39, 0.29) is 6.54 Å². The number of hydrogen-bond acceptors (Lipinski definition) is 3. The summed E-state index contributed by atoms with van der Waals surface area (Å²) in [6, 6.07) is 8.18. The molecule has 2 heterocycles. The lowest BCUT2D eigenvalue weighted by Gasteiger charge is -2.18. The quantitative estimate of drug-likeness (QED) is 0.849. The molecule has 1 aromatic heterocycles. The summed E-state index contributed by atoms with van der Waals surface area (Å²) in [6.07, 6.45) is -1.25. The number of alkyl halides is 3. The predicted octanol–water partition coefficient (Wildman–Crippen LogP) is 2.28. The molecular formula is C17H17F3N4O3. The number of aromatic nitrogens is 2. The van der Waals surface area contributed by atoms with Crippen molar-refractivity contribution in [3.63, 3.8) is 0 Å². The van der Waals surface area contributed by atoms with Crippen LogP contribution >= 0.6 is 0 Å². The standard InChI is InChI=1S/C17H17F3N4O3/c18-17(19,20)14-10-23(9-13(14)15(25)26)16(27)21-8-11-2-4-12(5-3-11)24-7-1-6-22-24/h1-7,13-14H,8-10H2,(H,21,27)(H,25,26)/t13-,14-/m1/s1. The van der Waals surface area contributed by atoms with Gasteiger partial charge in [0.25, 0.3) is 0 Å². The maximum absolute atomic E-state index is 13.0. The van der Waals surface area contributed by atoms with Crippen molar-refractivity contribution < 1.29 is 27.9 Å². The Labute approximate surface area is 152 Å². The van der Waals surface area contributed by atoms with Gasteiger partial charge in [0.05, 0.1) is 17.5 Å². The average Bonchev–Trinajstić information content (AvgIpc) is 3.29. The van der Waals surface area contributed by atoms with Crippen LogP contribution in [0.3, 0.4) is 0 Å². The van der Waals surface area contributed by atoms with Crippen LogP contribution in [0.4, 0.5) is 18.0 Å². The minimum absolute atomic E-state index is 0.114. The van der Waals surface area contributed by atoms with Gasteiger partial charge < -0.3 is 15.3 Å². The van der Waals surface area contributed by atoms with E-state index in [1.807, 2.05) is 0 Å². The van der Waals surface area contributed by atoms with Gasteiger partial charge in [-0.05, 0) is 23.8 Å². The molecule has 0 aliphatic carbocycles. The Morgan fingerprint density at radius 2 is 1.93 bits per heavy atom. The van der Waals surface area contributed by atoms with Crippen molar-refractivity contribution in [2.45, 2.75) is 12.7 Å². The summed E-state index contributed by atoms with van der Waals surface area (Å²) in [6.45, 7) is -1.02. The van der Waals surface area contributed by atoms with E-state index in [0.29, 0.717) is 0 Å². The first-order valence-electron chi connectivity index (χ1n) is 8.17. The summed E-state index contributed by atoms with van der Waals surface area (Å²) in [5.41, 5.74) is 1.58. The van der Waals surface area contributed by atoms with Crippen molar-refractivity contribution in [1.29, 1.82) is 0 Å². The number of carboxylic acids is 1. The maximum atomic E-state index is 13.0. The summed E-state index contributed by atoms with van der Waals surface area (Å²) in [7, 11) is 0. The molecule has 1 fully saturated rings. The van der Waals surface area contributed by atoms with Crippen LogP contribution in [0.15, 0.2) is 42.7 Å². The predicted molar refractivity (Wildman–Crippen MR) is 88.0 cm³/mol. The van der Waals surface area contributed by atoms with Gasteiger partial charge in [-0.15, -0.1) is 0 Å². The SMILES string of the molecule is O=C(O)[C@@H]1CN(C(=O)NCc2ccc(-n3cccn3)cc2)C[C@H]1C(F)(F)F. The molecule has 2 aromatic rings. The largest absolute Gasteiger partial charge is 0.481 e. The molecule has 0 bridgehead atoms. The number of carbonyl (C=O) groups is 2. The van der Waals surface area contributed by atoms with Crippen LogP contribution in [-0.2, 0) is 11.3 Å². The first kappa shape index (κ1) is 18.7. The molecule has 1 saturated heterocycles. The average molecular weight is 382 g/mol. The number of aliphatic carboxylic acids is 1. The van der Waals surface area contributed by atoms with Gasteiger partial charge in [0.1, 0.15) is 0 Å². The Hall–Kier alpha value is -3.04. The topological polar surface area (TPSA) is 87.5 Å². The minimum Gasteiger partial charge on any atom is -0.481 e. The number of carbonyl (C=O) groups excluding carboxylic acids is 1. The number of carboxylic acid groups (broad SMARTS) is 1. The Morgan fingerprint density at radius 1 is 1.22 bits per heavy atom. The Kier molecular flexibility index (Phi) is 5.06. The number of halogens is 3. The lowest BCUT2D eigenvalue weighted by atomic mass is 9.96. The molecule has 3 rings (SSSR count). The first-order chi connectivity index (χ1) is 12.8. The highest BCUT2D eigenvalue weighted by Gasteiger charge is 2.53. The van der Waals surface area contributed by atoms with Crippen LogP contribution in [0.2, 0.25) is 0 Å². The zero-order valence-corrected chi connectivity index (χ0v) is 14.1. The molecule has 10 heteroatoms. The van der Waals surface area contributed by atoms with Crippen molar-refractivity contribution in [1.82, 2.24) is 20.0 Å². The third-order valence-electron chi connectivity index (χ3n) is 4.49. The number of benzene rings is 1. The van der Waals surface area contributed by atoms with E-state index in [9.17, 15) is 22.8 Å². The van der Waals surface area contributed by atoms with Crippen molar-refractivity contribution in [3.05, 3.63) is 48.3 Å². The van der Waals surface area contributed by atoms with Crippen molar-refractivity contribution >= 4 is 12.0 Å². The fraction of sp³-hybridized carbons (Fsp3) is 0.353. The van der Waals surface area contributed by atoms with Crippen molar-refractivity contribution in [3.8, 4) is 5.69 Å². The molecule has 7 nitrogen and oxygen atoms in total. The maximum Gasteiger partial charge on any atom is 0.394 e. The lowest BCUT2D eigenvalue weighted by Crippen LogP contribution is -2.39. The van der Waals surface area contributed by atoms with Crippen molar-refractivity contribution in [2.24, 2.45) is 11.8 Å². The number of urea groups is 1. The van der Waals surface area contributed by atoms with Crippen LogP contribution in [0.25, 0.3) is 5.69 Å². The number of amides is 2. The first-order valence-corrected chi connectivity index (χ1v) is 8.17. The van der Waals surface area contributed by atoms with Crippen molar-refractivity contribution in [2.75, 3.05) is 13.1 Å². The number of rotatable bonds is 4. The summed E-state index contributed by atoms with van der Waals surface area (Å²) in [4.78, 5) is 24.1. The molecular weight excluding hydrogens is 365 g/mol. The Bertz CT molecular complexity index is 806. The third kappa shape index (κ3) is 4.21. The van der Waals surface area contributed by atoms with Crippen LogP contribution in [0.5, 0.6) is 0 Å². The molecule has 0 unspecified atom stereocenters. The molecule has 0 radical (unpaired) electrons. The van der Waals surface area contributed by atoms with Crippen LogP contribution in [-0.4, -0.2) is 51.1 Å². The molecule has 27 heavy (non-hydrogen) atoms. The molecule has 0 spiro atoms. The third-order valence-corrected chi connectivity index (χ3v) is 4.49. The van der Waals surface area contributed by atoms with Crippen LogP contribution in [0.1, 0.15) is 5.56 Å². The molecule has 2 amide bonds. The highest BCUT2D eigenvalue weighted by Crippen LogP contribution is 2.37. The second-order valence-electron chi connectivity index (χ2n) is 6.27. The van der Waals surface area contributed by atoms with E-state index < -0.39 is 43.1 Å². The van der Waals surface area contributed by atoms with Gasteiger partial charge in [0, 0.05) is 32.0 Å². The van der Waals surface area contributed by atoms with E-state index in [0.717, 1.165) is 16.2 Å². The van der Waals surface area contributed by atoms with Gasteiger partial charge in [-0.3, -0.25) is 4.79 Å². The van der Waals surface area contributed by atoms with E-state index in [2.05, 4.69) is 10.4 Å². The number of likely N-dealkylation sites (tertiary alicyclic amines) is 1. The van der Waals surface area contributed by atoms with Gasteiger partial charge in [-0.2, -0.15) is 18.3 Å². The zero-order chi connectivity index (χ0) is 19.6. The molecule has 0 saturated carbocycles. The van der Waals surface area contributed by atoms with Crippen LogP contribution in [0, 0.1) is 11.8 Å². The van der Waals surface area contributed by atoms with Crippen LogP contribution < -0.4 is 5.32 Å². The Balaban J connectivity index is 1.58. The highest BCUT2D eigenvalue weighted by molar-refractivity contribution is 5.77. The van der Waals surface area contributed by atoms with Gasteiger partial charge in [0.15, 0.2) is 0 Å². The zero-order valence-electron chi connectivity index (χ0n) is 14.1. The monoisotopic (exact) mass is 382 g/mol. The number of nitrogens with one attached hydrogen (secondary N) is 1. The normalized spacial score (nSPS) is 19.9. The summed E-state index contributed by atoms with van der Waals surface area (Å²) in [5.74, 6) is -5.26. The fourth-order valence-electron chi connectivity index (χ4n) is 3.03. The molecule has 1 aliphatic heterocycles. The fourth-order valence-corrected chi connectivity index (χ4v) is 3.03. The van der Waals surface area contributed by atoms with Gasteiger partial charge >= 0.3 is 18.2 Å². The van der Waals surface area contributed by atoms with Gasteiger partial charge in [-0.25, -0.2) is 9.48 Å². The lowest BCUT2D eigenvalue weighted by molar-refractivity contribution is -0.187. The number of hydrogen-bond donors (Lipinski definition) is 2. The van der Waals surface area contributed by atoms with E-state index in [1.165, 1.54) is 0 Å². The Morgan fingerprint density at radius 3 is 2.44 bits per heavy atom. The van der Waals surface area contributed by atoms with E-state index in [4.69, 9.17) is 5.11 Å². The molecule has 1 aromatic carbocycles. The van der Waals surface area contributed by atoms with Gasteiger partial charge in [0.2, 0.25) is 0 Å². The number of nitrogens with zero attached hydrogens (tertiary/aromatic N) is 3. The summed E-state index contributed by atoms with van der Waals surface area (Å²) < 4.78 is 40.6. The molecule has 2 atom stereocenters. The van der Waals surface area contributed by atoms with Gasteiger partial charge in [-0.1, -0.05) is 12.1 Å². The highest BCUT2D eigenvalue weighted by atomic mass is 19.4.